The minimum Gasteiger partial charge on any atom is -0.491 e. The number of halogens is 2. The fourth-order valence-electron chi connectivity index (χ4n) is 4.62. The van der Waals surface area contributed by atoms with Gasteiger partial charge in [0.05, 0.1) is 26.8 Å². The minimum atomic E-state index is -2.32. The molecule has 0 spiro atoms. The molecule has 38 heavy (non-hydrogen) atoms. The highest BCUT2D eigenvalue weighted by atomic mass is 28.3. The molecule has 12 heteroatoms. The summed E-state index contributed by atoms with van der Waals surface area (Å²) in [5.74, 6) is -2.72. The lowest BCUT2D eigenvalue weighted by molar-refractivity contribution is -0.139. The van der Waals surface area contributed by atoms with Crippen molar-refractivity contribution in [2.24, 2.45) is 0 Å². The van der Waals surface area contributed by atoms with Gasteiger partial charge in [-0.2, -0.15) is 0 Å². The van der Waals surface area contributed by atoms with E-state index in [1.807, 2.05) is 20.0 Å². The van der Waals surface area contributed by atoms with Gasteiger partial charge in [0, 0.05) is 48.3 Å². The highest BCUT2D eigenvalue weighted by molar-refractivity contribution is 6.89. The molecular weight excluding hydrogens is 514 g/mol. The molecule has 1 aliphatic rings. The molecule has 2 N–H and O–H groups in total. The Morgan fingerprint density at radius 1 is 1.24 bits per heavy atom. The zero-order valence-electron chi connectivity index (χ0n) is 21.7. The number of aromatic nitrogens is 2. The van der Waals surface area contributed by atoms with Crippen LogP contribution in [-0.2, 0) is 33.8 Å². The van der Waals surface area contributed by atoms with E-state index in [-0.39, 0.29) is 42.1 Å². The van der Waals surface area contributed by atoms with Gasteiger partial charge in [0.2, 0.25) is 5.91 Å². The third-order valence-electron chi connectivity index (χ3n) is 6.87. The first-order valence-electron chi connectivity index (χ1n) is 12.3. The molecule has 9 nitrogen and oxygen atoms in total. The Bertz CT molecular complexity index is 1340. The number of hydrogen-bond donors (Lipinski definition) is 2. The van der Waals surface area contributed by atoms with Crippen LogP contribution in [0.5, 0.6) is 5.88 Å². The predicted molar refractivity (Wildman–Crippen MR) is 138 cm³/mol. The molecule has 0 aliphatic carbocycles. The Balaban J connectivity index is 1.67. The van der Waals surface area contributed by atoms with Gasteiger partial charge in [-0.3, -0.25) is 14.6 Å². The van der Waals surface area contributed by atoms with E-state index in [1.54, 1.807) is 19.2 Å². The summed E-state index contributed by atoms with van der Waals surface area (Å²) in [5, 5.41) is 15.5. The Kier molecular flexibility index (Phi) is 7.93. The molecule has 3 heterocycles. The summed E-state index contributed by atoms with van der Waals surface area (Å²) in [6, 6.07) is 6.42. The standard InChI is InChI=1S/C26H30F2N4O5Si/c1-5-38(3,4)25-19(27)10-16(11-20(25)28)30-26(35)24-18-7-6-15(14-36-2)29-21(18)8-9-32(24)23(34)13-17-12-22(33)31-37-17/h6-7,10-12,24H,5,8-9,13-14H2,1-4H3,(H,30,35)(H,31,33)/t24-/m1/s1. The van der Waals surface area contributed by atoms with Gasteiger partial charge < -0.3 is 24.6 Å². The van der Waals surface area contributed by atoms with Crippen LogP contribution in [0.1, 0.15) is 35.7 Å². The molecule has 202 valence electrons. The van der Waals surface area contributed by atoms with Crippen LogP contribution in [-0.4, -0.2) is 53.7 Å². The second kappa shape index (κ2) is 11.0. The molecule has 0 saturated carbocycles. The molecule has 2 aromatic heterocycles. The number of hydrogen-bond acceptors (Lipinski definition) is 7. The maximum Gasteiger partial charge on any atom is 0.251 e. The second-order valence-electron chi connectivity index (χ2n) is 9.88. The summed E-state index contributed by atoms with van der Waals surface area (Å²) < 4.78 is 40.1. The highest BCUT2D eigenvalue weighted by Gasteiger charge is 2.37. The van der Waals surface area contributed by atoms with Crippen LogP contribution in [0.15, 0.2) is 34.9 Å². The summed E-state index contributed by atoms with van der Waals surface area (Å²) >= 11 is 0. The van der Waals surface area contributed by atoms with Crippen LogP contribution in [0.2, 0.25) is 19.1 Å². The van der Waals surface area contributed by atoms with Crippen LogP contribution >= 0.6 is 0 Å². The Morgan fingerprint density at radius 2 is 1.95 bits per heavy atom. The molecule has 0 saturated heterocycles. The van der Waals surface area contributed by atoms with Crippen LogP contribution in [0, 0.1) is 11.6 Å². The van der Waals surface area contributed by atoms with Gasteiger partial charge in [0.25, 0.3) is 11.8 Å². The van der Waals surface area contributed by atoms with Gasteiger partial charge >= 0.3 is 0 Å². The molecular formula is C26H30F2N4O5Si. The third kappa shape index (κ3) is 5.60. The van der Waals surface area contributed by atoms with Gasteiger partial charge in [-0.1, -0.05) is 32.1 Å². The topological polar surface area (TPSA) is 118 Å². The smallest absolute Gasteiger partial charge is 0.251 e. The van der Waals surface area contributed by atoms with Crippen molar-refractivity contribution in [3.8, 4) is 5.88 Å². The van der Waals surface area contributed by atoms with Crippen molar-refractivity contribution < 1.29 is 32.7 Å². The zero-order chi connectivity index (χ0) is 27.6. The quantitative estimate of drug-likeness (QED) is 0.417. The van der Waals surface area contributed by atoms with Gasteiger partial charge in [0.1, 0.15) is 23.4 Å². The zero-order valence-corrected chi connectivity index (χ0v) is 22.7. The molecule has 0 radical (unpaired) electrons. The second-order valence-corrected chi connectivity index (χ2v) is 14.9. The third-order valence-corrected chi connectivity index (χ3v) is 10.5. The lowest BCUT2D eigenvalue weighted by atomic mass is 9.94. The maximum absolute atomic E-state index is 15.0. The normalized spacial score (nSPS) is 15.3. The first-order valence-corrected chi connectivity index (χ1v) is 15.5. The van der Waals surface area contributed by atoms with Crippen molar-refractivity contribution in [3.05, 3.63) is 64.7 Å². The van der Waals surface area contributed by atoms with E-state index >= 15 is 8.78 Å². The molecule has 3 aromatic rings. The van der Waals surface area contributed by atoms with Crippen LogP contribution in [0.3, 0.4) is 0 Å². The van der Waals surface area contributed by atoms with E-state index in [2.05, 4.69) is 15.5 Å². The largest absolute Gasteiger partial charge is 0.491 e. The molecule has 2 amide bonds. The molecule has 4 rings (SSSR count). The van der Waals surface area contributed by atoms with Crippen molar-refractivity contribution in [2.45, 2.75) is 51.6 Å². The molecule has 0 fully saturated rings. The number of carbonyl (C=O) groups is 2. The number of carbonyl (C=O) groups excluding carboxylic acids is 2. The van der Waals surface area contributed by atoms with Crippen LogP contribution in [0.4, 0.5) is 14.5 Å². The van der Waals surface area contributed by atoms with E-state index in [9.17, 15) is 14.7 Å². The van der Waals surface area contributed by atoms with Crippen molar-refractivity contribution in [3.63, 3.8) is 0 Å². The Hall–Kier alpha value is -3.64. The van der Waals surface area contributed by atoms with E-state index in [0.29, 0.717) is 29.4 Å². The van der Waals surface area contributed by atoms with Crippen LogP contribution < -0.4 is 10.5 Å². The van der Waals surface area contributed by atoms with Crippen molar-refractivity contribution in [1.82, 2.24) is 15.0 Å². The maximum atomic E-state index is 15.0. The fraction of sp³-hybridized carbons (Fsp3) is 0.385. The number of ether oxygens (including phenoxy) is 1. The average Bonchev–Trinajstić information content (AvgIpc) is 3.26. The molecule has 1 atom stereocenters. The molecule has 1 aliphatic heterocycles. The molecule has 0 unspecified atom stereocenters. The Morgan fingerprint density at radius 3 is 2.55 bits per heavy atom. The number of fused-ring (bicyclic) bond motifs is 1. The number of methoxy groups -OCH3 is 1. The number of rotatable bonds is 8. The minimum absolute atomic E-state index is 0.0432. The fourth-order valence-corrected chi connectivity index (χ4v) is 6.42. The number of amides is 2. The van der Waals surface area contributed by atoms with E-state index in [4.69, 9.17) is 9.26 Å². The van der Waals surface area contributed by atoms with Gasteiger partial charge in [-0.15, -0.1) is 0 Å². The number of pyridine rings is 1. The number of aromatic hydroxyl groups is 1. The summed E-state index contributed by atoms with van der Waals surface area (Å²) in [6.45, 7) is 6.12. The lowest BCUT2D eigenvalue weighted by Gasteiger charge is -2.36. The van der Waals surface area contributed by atoms with Crippen molar-refractivity contribution in [2.75, 3.05) is 19.0 Å². The molecule has 1 aromatic carbocycles. The van der Waals surface area contributed by atoms with Crippen LogP contribution in [0.25, 0.3) is 0 Å². The van der Waals surface area contributed by atoms with Crippen molar-refractivity contribution in [1.29, 1.82) is 0 Å². The van der Waals surface area contributed by atoms with Gasteiger partial charge in [-0.25, -0.2) is 8.78 Å². The Labute approximate surface area is 219 Å². The summed E-state index contributed by atoms with van der Waals surface area (Å²) in [7, 11) is -0.776. The van der Waals surface area contributed by atoms with E-state index in [0.717, 1.165) is 12.1 Å². The molecule has 0 bridgehead atoms. The summed E-state index contributed by atoms with van der Waals surface area (Å²) in [6.07, 6.45) is 0.148. The van der Waals surface area contributed by atoms with E-state index in [1.165, 1.54) is 11.0 Å². The van der Waals surface area contributed by atoms with Crippen molar-refractivity contribution >= 4 is 30.8 Å². The lowest BCUT2D eigenvalue weighted by Crippen LogP contribution is -2.46. The highest BCUT2D eigenvalue weighted by Crippen LogP contribution is 2.32. The van der Waals surface area contributed by atoms with Gasteiger partial charge in [-0.05, 0) is 23.4 Å². The first-order chi connectivity index (χ1) is 18.0. The number of benzene rings is 1. The summed E-state index contributed by atoms with van der Waals surface area (Å²) in [5.41, 5.74) is 1.76. The number of nitrogens with zero attached hydrogens (tertiary/aromatic N) is 3. The average molecular weight is 545 g/mol. The number of anilines is 1. The van der Waals surface area contributed by atoms with E-state index < -0.39 is 37.6 Å². The SMILES string of the molecule is CC[Si](C)(C)c1c(F)cc(NC(=O)[C@H]2c3ccc(COC)nc3CCN2C(=O)Cc2cc(O)no2)cc1F. The number of nitrogens with one attached hydrogen (secondary N) is 1. The van der Waals surface area contributed by atoms with Gasteiger partial charge in [0.15, 0.2) is 0 Å². The monoisotopic (exact) mass is 544 g/mol. The summed E-state index contributed by atoms with van der Waals surface area (Å²) in [4.78, 5) is 32.8. The predicted octanol–water partition coefficient (Wildman–Crippen LogP) is 3.44. The first kappa shape index (κ1) is 27.4.